The number of rotatable bonds is 7. The number of urea groups is 1. The molecule has 7 aliphatic heterocycles. The number of fused-ring (bicyclic) bond motifs is 7. The van der Waals surface area contributed by atoms with Gasteiger partial charge >= 0.3 is 6.03 Å². The fourth-order valence-corrected chi connectivity index (χ4v) is 20.6. The molecule has 106 heavy (non-hydrogen) atoms. The normalized spacial score (nSPS) is 20.2. The fourth-order valence-electron chi connectivity index (χ4n) is 15.9. The van der Waals surface area contributed by atoms with E-state index in [9.17, 15) is 26.4 Å². The molecule has 18 rings (SSSR count). The number of hydrogen-bond donors (Lipinski definition) is 6. The maximum Gasteiger partial charge on any atom is 0.317 e. The number of amides is 3. The SMILES string of the molecule is CC(=O)N1CCN(c2cc(Br)cc3[nH]ncc23)CC1(C)C.CC1(C)CN(c2cc(Br)cc3[nH]ncc23)CCN1S(C)(=O)=O.Clc1cc(N2CCN(c3ccccc3)CC2)c2cn[nH]c2c1.O=C1NCC2CN(c3cc(Cl)cc4[nH]ncc34)CCN12.O=S1(=O)CCC2CN(c3cc(Cl)cc4[nH]ncc34)CCN21. The lowest BCUT2D eigenvalue weighted by Gasteiger charge is -2.47. The molecule has 7 saturated heterocycles. The molecule has 0 radical (unpaired) electrons. The van der Waals surface area contributed by atoms with Crippen molar-refractivity contribution in [2.75, 3.05) is 153 Å². The lowest BCUT2D eigenvalue weighted by Crippen LogP contribution is -2.60. The Kier molecular flexibility index (Phi) is 21.5. The summed E-state index contributed by atoms with van der Waals surface area (Å²) in [5.41, 5.74) is 11.0. The van der Waals surface area contributed by atoms with Gasteiger partial charge in [0.2, 0.25) is 26.0 Å². The number of hydrogen-bond acceptors (Lipinski definition) is 17. The molecule has 11 aromatic rings. The van der Waals surface area contributed by atoms with Crippen molar-refractivity contribution < 1.29 is 26.4 Å². The van der Waals surface area contributed by atoms with Gasteiger partial charge in [-0.3, -0.25) is 30.3 Å². The van der Waals surface area contributed by atoms with Gasteiger partial charge in [-0.1, -0.05) is 84.9 Å². The van der Waals surface area contributed by atoms with Crippen LogP contribution in [0.5, 0.6) is 0 Å². The molecule has 5 aromatic heterocycles. The van der Waals surface area contributed by atoms with E-state index in [1.54, 1.807) is 21.7 Å². The van der Waals surface area contributed by atoms with Crippen LogP contribution >= 0.6 is 66.7 Å². The molecule has 6 aromatic carbocycles. The zero-order valence-electron chi connectivity index (χ0n) is 59.5. The Morgan fingerprint density at radius 1 is 0.509 bits per heavy atom. The molecule has 2 atom stereocenters. The molecule has 0 aliphatic carbocycles. The Morgan fingerprint density at radius 3 is 1.38 bits per heavy atom. The molecule has 7 aliphatic rings. The van der Waals surface area contributed by atoms with Crippen molar-refractivity contribution in [3.63, 3.8) is 0 Å². The number of halogens is 5. The van der Waals surface area contributed by atoms with Crippen molar-refractivity contribution in [2.45, 2.75) is 64.2 Å². The summed E-state index contributed by atoms with van der Waals surface area (Å²) in [6, 6.07) is 30.7. The number of para-hydroxylation sites is 1. The van der Waals surface area contributed by atoms with Crippen LogP contribution in [0.1, 0.15) is 41.0 Å². The van der Waals surface area contributed by atoms with Crippen LogP contribution in [-0.2, 0) is 24.8 Å². The van der Waals surface area contributed by atoms with Gasteiger partial charge in [0, 0.05) is 215 Å². The number of sulfonamides is 2. The van der Waals surface area contributed by atoms with Crippen LogP contribution in [0.15, 0.2) is 131 Å². The minimum atomic E-state index is -3.20. The monoisotopic (exact) mass is 1670 g/mol. The van der Waals surface area contributed by atoms with Crippen LogP contribution in [0, 0.1) is 0 Å². The van der Waals surface area contributed by atoms with E-state index < -0.39 is 25.6 Å². The van der Waals surface area contributed by atoms with Crippen molar-refractivity contribution in [1.29, 1.82) is 0 Å². The summed E-state index contributed by atoms with van der Waals surface area (Å²) in [7, 11) is -6.23. The average Bonchev–Trinajstić information content (AvgIpc) is 1.49. The number of aromatic nitrogens is 10. The van der Waals surface area contributed by atoms with Crippen LogP contribution in [-0.4, -0.2) is 245 Å². The van der Waals surface area contributed by atoms with Crippen molar-refractivity contribution in [1.82, 2.24) is 74.7 Å². The molecule has 27 nitrogen and oxygen atoms in total. The molecule has 12 heterocycles. The third-order valence-electron chi connectivity index (χ3n) is 20.8. The molecule has 2 unspecified atom stereocenters. The van der Waals surface area contributed by atoms with E-state index in [2.05, 4.69) is 174 Å². The smallest absolute Gasteiger partial charge is 0.317 e. The number of piperazine rings is 5. The Labute approximate surface area is 646 Å². The number of H-pyrrole nitrogens is 5. The molecular weight excluding hydrogens is 1590 g/mol. The standard InChI is InChI=1S/C17H17ClN4.C15H19BrN4O.C14H19BrN4O2S.C13H14ClN5O.C13H15ClN4O2S/c18-13-10-16-15(12-19-20-16)17(11-13)22-8-6-21(7-9-22)14-4-2-1-3-5-14;1-10(21)20-5-4-19(9-15(20,2)3)14-7-11(16)6-13-12(14)8-17-18-13;1-14(2)9-18(4-5-19(14)22(3,20)21)13-7-10(15)6-12-11(13)8-16-17-12;14-8-3-11-10(6-16-17-11)12(4-8)18-1-2-19-9(7-18)5-15-13(19)20;14-9-5-12-11(7-15-16-12)13(6-9)17-2-3-18-10(8-17)1-4-21(18,19)20/h1-5,10-12H,6-9H2,(H,19,20);6-8H,4-5,9H2,1-3H3,(H,17,18);6-8H,4-5,9H2,1-3H3,(H,16,17);3-4,6,9H,1-2,5,7H2,(H,15,20)(H,16,17);5-7,10H,1-4,8H2,(H,15,16). The topological polar surface area (TPSA) is 290 Å². The van der Waals surface area contributed by atoms with Gasteiger partial charge in [0.05, 0.1) is 82.2 Å². The predicted molar refractivity (Wildman–Crippen MR) is 431 cm³/mol. The van der Waals surface area contributed by atoms with Gasteiger partial charge in [-0.2, -0.15) is 34.1 Å². The zero-order valence-corrected chi connectivity index (χ0v) is 66.6. The van der Waals surface area contributed by atoms with E-state index in [4.69, 9.17) is 34.8 Å². The van der Waals surface area contributed by atoms with E-state index in [0.717, 1.165) is 157 Å². The van der Waals surface area contributed by atoms with E-state index in [1.807, 2.05) is 97.0 Å². The van der Waals surface area contributed by atoms with Gasteiger partial charge in [0.1, 0.15) is 0 Å². The number of nitrogens with one attached hydrogen (secondary N) is 6. The van der Waals surface area contributed by atoms with Crippen molar-refractivity contribution in [2.24, 2.45) is 0 Å². The molecule has 3 amide bonds. The number of aromatic amines is 5. The summed E-state index contributed by atoms with van der Waals surface area (Å²) >= 11 is 25.7. The third-order valence-corrected chi connectivity index (χ3v) is 25.8. The number of carbonyl (C=O) groups excluding carboxylic acids is 2. The summed E-state index contributed by atoms with van der Waals surface area (Å²) in [5, 5.41) is 45.8. The Bertz CT molecular complexity index is 5290. The van der Waals surface area contributed by atoms with Crippen molar-refractivity contribution in [3.05, 3.63) is 146 Å². The molecule has 0 saturated carbocycles. The summed E-state index contributed by atoms with van der Waals surface area (Å²) in [4.78, 5) is 41.1. The first-order valence-corrected chi connectivity index (χ1v) is 41.3. The maximum atomic E-state index is 12.0. The summed E-state index contributed by atoms with van der Waals surface area (Å²) in [6.45, 7) is 23.0. The summed E-state index contributed by atoms with van der Waals surface area (Å²) < 4.78 is 53.0. The lowest BCUT2D eigenvalue weighted by molar-refractivity contribution is -0.134. The number of nitrogens with zero attached hydrogens (tertiary/aromatic N) is 15. The Hall–Kier alpha value is -8.14. The van der Waals surface area contributed by atoms with E-state index in [-0.39, 0.29) is 35.3 Å². The van der Waals surface area contributed by atoms with Gasteiger partial charge in [-0.05, 0) is 107 Å². The second-order valence-corrected chi connectivity index (χ2v) is 35.9. The molecule has 7 fully saturated rings. The fraction of sp³-hybridized carbons (Fsp3) is 0.403. The van der Waals surface area contributed by atoms with Gasteiger partial charge < -0.3 is 44.5 Å². The molecule has 6 N–H and O–H groups in total. The first kappa shape index (κ1) is 74.7. The molecule has 560 valence electrons. The van der Waals surface area contributed by atoms with Crippen LogP contribution in [0.2, 0.25) is 15.1 Å². The van der Waals surface area contributed by atoms with Crippen LogP contribution in [0.25, 0.3) is 54.5 Å². The summed E-state index contributed by atoms with van der Waals surface area (Å²) in [5.74, 6) is 0.407. The Balaban J connectivity index is 0.000000111. The van der Waals surface area contributed by atoms with Crippen molar-refractivity contribution in [3.8, 4) is 0 Å². The molecular formula is C72H84Br2Cl3N21O6S2. The Morgan fingerprint density at radius 2 is 0.915 bits per heavy atom. The predicted octanol–water partition coefficient (Wildman–Crippen LogP) is 11.4. The van der Waals surface area contributed by atoms with E-state index in [1.165, 1.54) is 17.6 Å². The molecule has 0 spiro atoms. The maximum absolute atomic E-state index is 12.0. The second kappa shape index (κ2) is 30.5. The van der Waals surface area contributed by atoms with Crippen LogP contribution in [0.3, 0.4) is 0 Å². The minimum absolute atomic E-state index is 0.0502. The molecule has 0 bridgehead atoms. The van der Waals surface area contributed by atoms with Gasteiger partial charge in [-0.15, -0.1) is 0 Å². The average molecular weight is 1670 g/mol. The van der Waals surface area contributed by atoms with Gasteiger partial charge in [0.25, 0.3) is 0 Å². The van der Waals surface area contributed by atoms with E-state index >= 15 is 0 Å². The second-order valence-electron chi connectivity index (χ2n) is 28.9. The third kappa shape index (κ3) is 15.9. The zero-order chi connectivity index (χ0) is 74.6. The van der Waals surface area contributed by atoms with Gasteiger partial charge in [-0.25, -0.2) is 21.6 Å². The van der Waals surface area contributed by atoms with Crippen molar-refractivity contribution >= 4 is 187 Å². The highest BCUT2D eigenvalue weighted by atomic mass is 79.9. The summed E-state index contributed by atoms with van der Waals surface area (Å²) in [6.07, 6.45) is 11.1. The highest BCUT2D eigenvalue weighted by Crippen LogP contribution is 2.39. The number of anilines is 6. The number of carbonyl (C=O) groups is 2. The largest absolute Gasteiger partial charge is 0.368 e. The highest BCUT2D eigenvalue weighted by Gasteiger charge is 2.43. The van der Waals surface area contributed by atoms with Crippen LogP contribution < -0.4 is 34.7 Å². The quantitative estimate of drug-likeness (QED) is 0.0864. The van der Waals surface area contributed by atoms with Gasteiger partial charge in [0.15, 0.2) is 0 Å². The lowest BCUT2D eigenvalue weighted by atomic mass is 9.97. The molecule has 34 heteroatoms. The first-order valence-electron chi connectivity index (χ1n) is 35.1. The van der Waals surface area contributed by atoms with Crippen LogP contribution in [0.4, 0.5) is 38.9 Å². The number of benzene rings is 6. The minimum Gasteiger partial charge on any atom is -0.368 e. The first-order chi connectivity index (χ1) is 50.6. The highest BCUT2D eigenvalue weighted by molar-refractivity contribution is 9.10. The van der Waals surface area contributed by atoms with E-state index in [0.29, 0.717) is 62.3 Å².